The molecule has 1 atom stereocenters. The van der Waals surface area contributed by atoms with Gasteiger partial charge in [0.2, 0.25) is 21.9 Å². The summed E-state index contributed by atoms with van der Waals surface area (Å²) in [5.74, 6) is 0.228. The molecule has 2 aliphatic heterocycles. The van der Waals surface area contributed by atoms with Gasteiger partial charge in [0, 0.05) is 32.1 Å². The number of nitrogens with zero attached hydrogens (tertiary/aromatic N) is 7. The average molecular weight is 524 g/mol. The minimum absolute atomic E-state index is 0.00373. The van der Waals surface area contributed by atoms with Gasteiger partial charge in [0.05, 0.1) is 32.1 Å². The summed E-state index contributed by atoms with van der Waals surface area (Å²) in [6.07, 6.45) is -0.422. The number of rotatable bonds is 6. The molecule has 194 valence electrons. The number of para-hydroxylation sites is 1. The number of hydrogen-bond acceptors (Lipinski definition) is 9. The van der Waals surface area contributed by atoms with Gasteiger partial charge in [0.15, 0.2) is 5.82 Å². The Morgan fingerprint density at radius 1 is 1.08 bits per heavy atom. The smallest absolute Gasteiger partial charge is 0.296 e. The summed E-state index contributed by atoms with van der Waals surface area (Å²) in [4.78, 5) is 19.9. The molecule has 2 fully saturated rings. The molecule has 0 amide bonds. The molecule has 2 aliphatic rings. The highest BCUT2D eigenvalue weighted by molar-refractivity contribution is 7.88. The molecule has 1 unspecified atom stereocenters. The molecule has 0 spiro atoms. The highest BCUT2D eigenvalue weighted by Gasteiger charge is 2.31. The second kappa shape index (κ2) is 9.82. The van der Waals surface area contributed by atoms with Crippen LogP contribution in [0.25, 0.3) is 17.0 Å². The molecule has 5 rings (SSSR count). The number of anilines is 1. The van der Waals surface area contributed by atoms with Crippen molar-refractivity contribution in [3.05, 3.63) is 29.8 Å². The molecule has 2 saturated heterocycles. The predicted octanol–water partition coefficient (Wildman–Crippen LogP) is 2.13. The zero-order valence-electron chi connectivity index (χ0n) is 20.0. The highest BCUT2D eigenvalue weighted by Crippen LogP contribution is 2.33. The average Bonchev–Trinajstić information content (AvgIpc) is 3.29. The van der Waals surface area contributed by atoms with Crippen LogP contribution in [0.15, 0.2) is 18.2 Å². The first-order valence-electron chi connectivity index (χ1n) is 11.6. The number of ether oxygens (including phenoxy) is 2. The van der Waals surface area contributed by atoms with Gasteiger partial charge in [0.25, 0.3) is 6.43 Å². The molecule has 4 heterocycles. The summed E-state index contributed by atoms with van der Waals surface area (Å²) < 4.78 is 66.2. The van der Waals surface area contributed by atoms with Crippen LogP contribution in [0, 0.1) is 0 Å². The Balaban J connectivity index is 1.68. The van der Waals surface area contributed by atoms with Gasteiger partial charge >= 0.3 is 0 Å². The fraction of sp³-hybridized carbons (Fsp3) is 0.545. The zero-order chi connectivity index (χ0) is 25.4. The number of fused-ring (bicyclic) bond motifs is 1. The minimum Gasteiger partial charge on any atom is -0.494 e. The van der Waals surface area contributed by atoms with E-state index in [0.717, 1.165) is 0 Å². The Hall–Kier alpha value is -2.97. The third kappa shape index (κ3) is 4.72. The van der Waals surface area contributed by atoms with Crippen molar-refractivity contribution in [3.8, 4) is 11.7 Å². The van der Waals surface area contributed by atoms with Crippen LogP contribution >= 0.6 is 0 Å². The van der Waals surface area contributed by atoms with Gasteiger partial charge in [-0.1, -0.05) is 6.07 Å². The van der Waals surface area contributed by atoms with Crippen LogP contribution in [0.2, 0.25) is 0 Å². The monoisotopic (exact) mass is 523 g/mol. The Bertz CT molecular complexity index is 1360. The molecule has 0 N–H and O–H groups in total. The van der Waals surface area contributed by atoms with Gasteiger partial charge in [-0.05, 0) is 25.0 Å². The maximum Gasteiger partial charge on any atom is 0.296 e. The zero-order valence-corrected chi connectivity index (χ0v) is 20.8. The second-order valence-corrected chi connectivity index (χ2v) is 10.8. The first-order chi connectivity index (χ1) is 17.3. The third-order valence-electron chi connectivity index (χ3n) is 6.43. The summed E-state index contributed by atoms with van der Waals surface area (Å²) in [5.41, 5.74) is 0.641. The van der Waals surface area contributed by atoms with Crippen LogP contribution < -0.4 is 9.64 Å². The maximum absolute atomic E-state index is 14.2. The molecule has 2 aromatic heterocycles. The molecule has 0 aliphatic carbocycles. The van der Waals surface area contributed by atoms with Gasteiger partial charge in [-0.2, -0.15) is 15.0 Å². The summed E-state index contributed by atoms with van der Waals surface area (Å²) in [5, 5.41) is 0. The number of methoxy groups -OCH3 is 1. The molecule has 0 radical (unpaired) electrons. The molecular formula is C22H27F2N7O4S. The number of halogens is 2. The molecule has 11 nitrogen and oxygen atoms in total. The van der Waals surface area contributed by atoms with E-state index in [9.17, 15) is 17.2 Å². The van der Waals surface area contributed by atoms with E-state index in [2.05, 4.69) is 19.9 Å². The lowest BCUT2D eigenvalue weighted by Crippen LogP contribution is -2.40. The molecule has 1 aromatic carbocycles. The van der Waals surface area contributed by atoms with Crippen molar-refractivity contribution >= 4 is 27.0 Å². The Kier molecular flexibility index (Phi) is 6.74. The van der Waals surface area contributed by atoms with Crippen LogP contribution in [-0.2, 0) is 14.8 Å². The Labute approximate surface area is 207 Å². The fourth-order valence-corrected chi connectivity index (χ4v) is 5.54. The first kappa shape index (κ1) is 24.7. The van der Waals surface area contributed by atoms with E-state index >= 15 is 0 Å². The lowest BCUT2D eigenvalue weighted by atomic mass is 9.99. The van der Waals surface area contributed by atoms with E-state index in [0.29, 0.717) is 68.7 Å². The summed E-state index contributed by atoms with van der Waals surface area (Å²) in [6, 6.07) is 4.99. The number of piperidine rings is 1. The van der Waals surface area contributed by atoms with Gasteiger partial charge in [-0.15, -0.1) is 0 Å². The van der Waals surface area contributed by atoms with Gasteiger partial charge in [-0.3, -0.25) is 4.57 Å². The summed E-state index contributed by atoms with van der Waals surface area (Å²) in [7, 11) is -1.95. The van der Waals surface area contributed by atoms with Crippen molar-refractivity contribution in [1.82, 2.24) is 28.8 Å². The summed E-state index contributed by atoms with van der Waals surface area (Å²) in [6.45, 7) is 2.66. The maximum atomic E-state index is 14.2. The SMILES string of the molecule is COc1cccc2c1nc(C(F)F)n2-c1nc(C2CCCN(S(C)(=O)=O)C2)nc(N2CCOCC2)n1. The summed E-state index contributed by atoms with van der Waals surface area (Å²) >= 11 is 0. The van der Waals surface area contributed by atoms with Crippen molar-refractivity contribution in [1.29, 1.82) is 0 Å². The van der Waals surface area contributed by atoms with Gasteiger partial charge in [0.1, 0.15) is 17.1 Å². The molecule has 14 heteroatoms. The van der Waals surface area contributed by atoms with Crippen LogP contribution in [-0.4, -0.2) is 90.0 Å². The van der Waals surface area contributed by atoms with E-state index in [1.807, 2.05) is 4.90 Å². The number of morpholine rings is 1. The normalized spacial score (nSPS) is 19.8. The van der Waals surface area contributed by atoms with Crippen molar-refractivity contribution in [2.24, 2.45) is 0 Å². The van der Waals surface area contributed by atoms with E-state index in [1.165, 1.54) is 22.2 Å². The predicted molar refractivity (Wildman–Crippen MR) is 127 cm³/mol. The highest BCUT2D eigenvalue weighted by atomic mass is 32.2. The largest absolute Gasteiger partial charge is 0.494 e. The van der Waals surface area contributed by atoms with Crippen molar-refractivity contribution < 1.29 is 26.7 Å². The number of alkyl halides is 2. The van der Waals surface area contributed by atoms with Gasteiger partial charge in [-0.25, -0.2) is 26.5 Å². The Morgan fingerprint density at radius 2 is 1.83 bits per heavy atom. The van der Waals surface area contributed by atoms with Crippen LogP contribution in [0.4, 0.5) is 14.7 Å². The van der Waals surface area contributed by atoms with Crippen molar-refractivity contribution in [2.75, 3.05) is 57.7 Å². The molecule has 3 aromatic rings. The lowest BCUT2D eigenvalue weighted by Gasteiger charge is -2.31. The van der Waals surface area contributed by atoms with Crippen LogP contribution in [0.5, 0.6) is 5.75 Å². The third-order valence-corrected chi connectivity index (χ3v) is 7.70. The number of imidazole rings is 1. The number of benzene rings is 1. The Morgan fingerprint density at radius 3 is 2.53 bits per heavy atom. The van der Waals surface area contributed by atoms with Crippen molar-refractivity contribution in [2.45, 2.75) is 25.2 Å². The molecular weight excluding hydrogens is 496 g/mol. The second-order valence-electron chi connectivity index (χ2n) is 8.79. The van der Waals surface area contributed by atoms with Crippen LogP contribution in [0.1, 0.15) is 36.8 Å². The van der Waals surface area contributed by atoms with Crippen molar-refractivity contribution in [3.63, 3.8) is 0 Å². The van der Waals surface area contributed by atoms with Gasteiger partial charge < -0.3 is 14.4 Å². The van der Waals surface area contributed by atoms with E-state index in [-0.39, 0.29) is 23.9 Å². The standard InChI is InChI=1S/C22H27F2N7O4S/c1-34-16-7-3-6-15-17(16)25-20(18(23)24)31(15)22-27-19(14-5-4-8-30(13-14)36(2,32)33)26-21(28-22)29-9-11-35-12-10-29/h3,6-7,14,18H,4-5,8-13H2,1-2H3. The lowest BCUT2D eigenvalue weighted by molar-refractivity contribution is 0.122. The van der Waals surface area contributed by atoms with E-state index in [4.69, 9.17) is 9.47 Å². The number of aromatic nitrogens is 5. The first-order valence-corrected chi connectivity index (χ1v) is 13.5. The minimum atomic E-state index is -3.40. The van der Waals surface area contributed by atoms with Crippen LogP contribution in [0.3, 0.4) is 0 Å². The van der Waals surface area contributed by atoms with E-state index < -0.39 is 22.3 Å². The number of sulfonamides is 1. The fourth-order valence-electron chi connectivity index (χ4n) is 4.62. The quantitative estimate of drug-likeness (QED) is 0.479. The molecule has 0 bridgehead atoms. The van der Waals surface area contributed by atoms with E-state index in [1.54, 1.807) is 18.2 Å². The topological polar surface area (TPSA) is 116 Å². The molecule has 36 heavy (non-hydrogen) atoms. The number of hydrogen-bond donors (Lipinski definition) is 0. The molecule has 0 saturated carbocycles.